The number of hydrogen-bond donors (Lipinski definition) is 1. The third kappa shape index (κ3) is 5.41. The summed E-state index contributed by atoms with van der Waals surface area (Å²) < 4.78 is 5.38. The van der Waals surface area contributed by atoms with Crippen LogP contribution in [-0.4, -0.2) is 51.8 Å². The molecule has 0 aliphatic carbocycles. The third-order valence-electron chi connectivity index (χ3n) is 6.14. The second kappa shape index (κ2) is 8.50. The first-order valence-corrected chi connectivity index (χ1v) is 11.0. The number of furan rings is 1. The Balaban J connectivity index is 1.73. The summed E-state index contributed by atoms with van der Waals surface area (Å²) in [5, 5.41) is 3.71. The van der Waals surface area contributed by atoms with Crippen molar-refractivity contribution in [3.8, 4) is 0 Å². The fourth-order valence-corrected chi connectivity index (χ4v) is 5.21. The minimum absolute atomic E-state index is 0.0199. The highest BCUT2D eigenvalue weighted by atomic mass is 16.3. The highest BCUT2D eigenvalue weighted by molar-refractivity contribution is 5.89. The molecule has 2 fully saturated rings. The molecule has 6 heteroatoms. The molecule has 1 N–H and O–H groups in total. The Labute approximate surface area is 175 Å². The van der Waals surface area contributed by atoms with Crippen molar-refractivity contribution in [1.29, 1.82) is 0 Å². The van der Waals surface area contributed by atoms with E-state index < -0.39 is 0 Å². The first kappa shape index (κ1) is 21.9. The Hall–Kier alpha value is -1.82. The SMILES string of the molecule is CCCCN(C(=O)C1CC(=O)N(Cc2ccco2)C1)C1CC(C)(C)NC(C)(C)C1. The molecule has 0 saturated carbocycles. The molecule has 1 aromatic rings. The molecule has 1 atom stereocenters. The lowest BCUT2D eigenvalue weighted by Crippen LogP contribution is -2.63. The lowest BCUT2D eigenvalue weighted by molar-refractivity contribution is -0.140. The number of likely N-dealkylation sites (tertiary alicyclic amines) is 1. The Bertz CT molecular complexity index is 695. The van der Waals surface area contributed by atoms with E-state index in [0.717, 1.165) is 38.0 Å². The lowest BCUT2D eigenvalue weighted by Gasteiger charge is -2.50. The number of unbranched alkanes of at least 4 members (excludes halogenated alkanes) is 1. The van der Waals surface area contributed by atoms with Crippen molar-refractivity contribution in [3.05, 3.63) is 24.2 Å². The summed E-state index contributed by atoms with van der Waals surface area (Å²) in [5.74, 6) is 0.694. The average molecular weight is 404 g/mol. The monoisotopic (exact) mass is 403 g/mol. The van der Waals surface area contributed by atoms with E-state index in [1.165, 1.54) is 0 Å². The minimum atomic E-state index is -0.254. The van der Waals surface area contributed by atoms with Gasteiger partial charge < -0.3 is 19.5 Å². The standard InChI is InChI=1S/C23H37N3O3/c1-6-7-10-26(18-13-22(2,3)24-23(4,5)14-18)21(28)17-12-20(27)25(15-17)16-19-9-8-11-29-19/h8-9,11,17-18,24H,6-7,10,12-16H2,1-5H3. The minimum Gasteiger partial charge on any atom is -0.467 e. The van der Waals surface area contributed by atoms with Crippen molar-refractivity contribution in [1.82, 2.24) is 15.1 Å². The topological polar surface area (TPSA) is 65.8 Å². The fourth-order valence-electron chi connectivity index (χ4n) is 5.21. The molecule has 0 spiro atoms. The maximum atomic E-state index is 13.6. The van der Waals surface area contributed by atoms with Crippen LogP contribution in [0, 0.1) is 5.92 Å². The molecule has 3 heterocycles. The van der Waals surface area contributed by atoms with Gasteiger partial charge in [-0.2, -0.15) is 0 Å². The van der Waals surface area contributed by atoms with E-state index in [-0.39, 0.29) is 34.9 Å². The molecule has 2 saturated heterocycles. The molecule has 0 aromatic carbocycles. The van der Waals surface area contributed by atoms with Crippen LogP contribution >= 0.6 is 0 Å². The maximum Gasteiger partial charge on any atom is 0.228 e. The zero-order chi connectivity index (χ0) is 21.2. The van der Waals surface area contributed by atoms with Gasteiger partial charge in [-0.1, -0.05) is 13.3 Å². The van der Waals surface area contributed by atoms with E-state index in [4.69, 9.17) is 4.42 Å². The molecule has 1 unspecified atom stereocenters. The van der Waals surface area contributed by atoms with Gasteiger partial charge in [-0.25, -0.2) is 0 Å². The first-order valence-electron chi connectivity index (χ1n) is 11.0. The summed E-state index contributed by atoms with van der Waals surface area (Å²) in [7, 11) is 0. The normalized spacial score (nSPS) is 24.1. The van der Waals surface area contributed by atoms with Crippen LogP contribution in [0.15, 0.2) is 22.8 Å². The van der Waals surface area contributed by atoms with Gasteiger partial charge in [0.05, 0.1) is 18.7 Å². The maximum absolute atomic E-state index is 13.6. The number of nitrogens with one attached hydrogen (secondary N) is 1. The van der Waals surface area contributed by atoms with Crippen molar-refractivity contribution < 1.29 is 14.0 Å². The van der Waals surface area contributed by atoms with Crippen LogP contribution in [0.25, 0.3) is 0 Å². The number of carbonyl (C=O) groups is 2. The van der Waals surface area contributed by atoms with Crippen molar-refractivity contribution >= 4 is 11.8 Å². The predicted molar refractivity (Wildman–Crippen MR) is 113 cm³/mol. The number of rotatable bonds is 7. The molecule has 2 aliphatic heterocycles. The molecule has 0 radical (unpaired) electrons. The summed E-state index contributed by atoms with van der Waals surface area (Å²) in [5.41, 5.74) is -0.0397. The summed E-state index contributed by atoms with van der Waals surface area (Å²) in [6, 6.07) is 3.90. The first-order chi connectivity index (χ1) is 13.6. The molecular weight excluding hydrogens is 366 g/mol. The highest BCUT2D eigenvalue weighted by Gasteiger charge is 2.44. The largest absolute Gasteiger partial charge is 0.467 e. The molecule has 2 amide bonds. The zero-order valence-electron chi connectivity index (χ0n) is 18.7. The van der Waals surface area contributed by atoms with Crippen LogP contribution in [0.1, 0.15) is 72.5 Å². The predicted octanol–water partition coefficient (Wildman–Crippen LogP) is 3.57. The number of carbonyl (C=O) groups excluding carboxylic acids is 2. The van der Waals surface area contributed by atoms with Gasteiger partial charge in [-0.15, -0.1) is 0 Å². The molecule has 29 heavy (non-hydrogen) atoms. The van der Waals surface area contributed by atoms with Crippen LogP contribution in [0.4, 0.5) is 0 Å². The smallest absolute Gasteiger partial charge is 0.228 e. The second-order valence-electron chi connectivity index (χ2n) is 10.1. The molecule has 1 aromatic heterocycles. The van der Waals surface area contributed by atoms with E-state index in [0.29, 0.717) is 19.5 Å². The molecule has 6 nitrogen and oxygen atoms in total. The van der Waals surface area contributed by atoms with Gasteiger partial charge in [0.25, 0.3) is 0 Å². The lowest BCUT2D eigenvalue weighted by atomic mass is 9.78. The van der Waals surface area contributed by atoms with Gasteiger partial charge in [0.1, 0.15) is 5.76 Å². The Morgan fingerprint density at radius 1 is 1.28 bits per heavy atom. The fraction of sp³-hybridized carbons (Fsp3) is 0.739. The van der Waals surface area contributed by atoms with Gasteiger partial charge in [0.15, 0.2) is 0 Å². The Morgan fingerprint density at radius 2 is 1.97 bits per heavy atom. The Morgan fingerprint density at radius 3 is 2.55 bits per heavy atom. The summed E-state index contributed by atoms with van der Waals surface area (Å²) in [6.45, 7) is 12.7. The quantitative estimate of drug-likeness (QED) is 0.756. The van der Waals surface area contributed by atoms with Gasteiger partial charge in [-0.05, 0) is 59.1 Å². The van der Waals surface area contributed by atoms with Crippen LogP contribution in [0.5, 0.6) is 0 Å². The van der Waals surface area contributed by atoms with Crippen LogP contribution < -0.4 is 5.32 Å². The van der Waals surface area contributed by atoms with Crippen LogP contribution in [0.3, 0.4) is 0 Å². The molecule has 162 valence electrons. The average Bonchev–Trinajstić information content (AvgIpc) is 3.23. The highest BCUT2D eigenvalue weighted by Crippen LogP contribution is 2.33. The van der Waals surface area contributed by atoms with Crippen LogP contribution in [0.2, 0.25) is 0 Å². The van der Waals surface area contributed by atoms with E-state index >= 15 is 0 Å². The number of nitrogens with zero attached hydrogens (tertiary/aromatic N) is 2. The zero-order valence-corrected chi connectivity index (χ0v) is 18.7. The van der Waals surface area contributed by atoms with E-state index in [2.05, 4.69) is 44.8 Å². The number of piperidine rings is 1. The number of amides is 2. The molecule has 0 bridgehead atoms. The molecule has 3 rings (SSSR count). The third-order valence-corrected chi connectivity index (χ3v) is 6.14. The van der Waals surface area contributed by atoms with Crippen LogP contribution in [-0.2, 0) is 16.1 Å². The van der Waals surface area contributed by atoms with Crippen molar-refractivity contribution in [2.45, 2.75) is 90.4 Å². The van der Waals surface area contributed by atoms with E-state index in [1.54, 1.807) is 11.2 Å². The Kier molecular flexibility index (Phi) is 6.42. The van der Waals surface area contributed by atoms with Gasteiger partial charge >= 0.3 is 0 Å². The van der Waals surface area contributed by atoms with Gasteiger partial charge in [0.2, 0.25) is 11.8 Å². The van der Waals surface area contributed by atoms with Gasteiger partial charge in [-0.3, -0.25) is 9.59 Å². The van der Waals surface area contributed by atoms with E-state index in [9.17, 15) is 9.59 Å². The summed E-state index contributed by atoms with van der Waals surface area (Å²) in [4.78, 5) is 30.0. The van der Waals surface area contributed by atoms with Crippen molar-refractivity contribution in [2.75, 3.05) is 13.1 Å². The molecule has 2 aliphatic rings. The number of hydrogen-bond acceptors (Lipinski definition) is 4. The summed E-state index contributed by atoms with van der Waals surface area (Å²) >= 11 is 0. The summed E-state index contributed by atoms with van der Waals surface area (Å²) in [6.07, 6.45) is 5.83. The van der Waals surface area contributed by atoms with Crippen molar-refractivity contribution in [3.63, 3.8) is 0 Å². The van der Waals surface area contributed by atoms with E-state index in [1.807, 2.05) is 12.1 Å². The van der Waals surface area contributed by atoms with Gasteiger partial charge in [0, 0.05) is 36.6 Å². The second-order valence-corrected chi connectivity index (χ2v) is 10.1. The molecular formula is C23H37N3O3. The van der Waals surface area contributed by atoms with Crippen molar-refractivity contribution in [2.24, 2.45) is 5.92 Å².